The van der Waals surface area contributed by atoms with E-state index in [1.807, 2.05) is 6.92 Å². The van der Waals surface area contributed by atoms with Gasteiger partial charge in [-0.2, -0.15) is 0 Å². The van der Waals surface area contributed by atoms with Crippen LogP contribution in [0, 0.1) is 6.92 Å². The lowest BCUT2D eigenvalue weighted by Gasteiger charge is -2.34. The molecule has 1 saturated heterocycles. The summed E-state index contributed by atoms with van der Waals surface area (Å²) >= 11 is 0. The van der Waals surface area contributed by atoms with Gasteiger partial charge in [-0.25, -0.2) is 0 Å². The molecule has 6 heteroatoms. The lowest BCUT2D eigenvalue weighted by atomic mass is 10.2. The molecule has 0 radical (unpaired) electrons. The number of aryl methyl sites for hydroxylation is 1. The number of carbonyl (C=O) groups excluding carboxylic acids is 2. The quantitative estimate of drug-likeness (QED) is 0.795. The van der Waals surface area contributed by atoms with Crippen LogP contribution in [-0.4, -0.2) is 59.5 Å². The summed E-state index contributed by atoms with van der Waals surface area (Å²) in [7, 11) is 0. The van der Waals surface area contributed by atoms with Gasteiger partial charge in [-0.05, 0) is 13.0 Å². The van der Waals surface area contributed by atoms with Crippen LogP contribution in [-0.2, 0) is 4.79 Å². The van der Waals surface area contributed by atoms with Crippen molar-refractivity contribution >= 4 is 11.8 Å². The molecule has 0 aliphatic carbocycles. The van der Waals surface area contributed by atoms with Crippen LogP contribution in [0.5, 0.6) is 0 Å². The Balaban J connectivity index is 1.96. The minimum atomic E-state index is -0.481. The lowest BCUT2D eigenvalue weighted by molar-refractivity contribution is -0.135. The van der Waals surface area contributed by atoms with Crippen LogP contribution in [0.1, 0.15) is 16.1 Å². The van der Waals surface area contributed by atoms with Gasteiger partial charge in [0.2, 0.25) is 5.91 Å². The van der Waals surface area contributed by atoms with Crippen LogP contribution in [0.2, 0.25) is 0 Å². The fourth-order valence-corrected chi connectivity index (χ4v) is 1.99. The van der Waals surface area contributed by atoms with Crippen LogP contribution in [0.15, 0.2) is 16.7 Å². The van der Waals surface area contributed by atoms with Gasteiger partial charge in [0, 0.05) is 31.7 Å². The number of rotatable bonds is 2. The van der Waals surface area contributed by atoms with Gasteiger partial charge in [-0.15, -0.1) is 0 Å². The van der Waals surface area contributed by atoms with E-state index in [2.05, 4.69) is 0 Å². The third kappa shape index (κ3) is 2.38. The molecule has 2 heterocycles. The number of hydrogen-bond acceptors (Lipinski definition) is 4. The van der Waals surface area contributed by atoms with Crippen LogP contribution in [0.3, 0.4) is 0 Å². The highest BCUT2D eigenvalue weighted by Gasteiger charge is 2.26. The second-order valence-electron chi connectivity index (χ2n) is 4.26. The zero-order valence-corrected chi connectivity index (χ0v) is 10.3. The van der Waals surface area contributed by atoms with Crippen molar-refractivity contribution in [3.05, 3.63) is 23.7 Å². The molecule has 1 aromatic heterocycles. The third-order valence-electron chi connectivity index (χ3n) is 3.11. The Kier molecular flexibility index (Phi) is 3.66. The number of aliphatic hydroxyl groups is 1. The SMILES string of the molecule is Cc1ccoc1C(=O)N1CCN(C(=O)CO)CC1. The van der Waals surface area contributed by atoms with Crippen LogP contribution in [0.25, 0.3) is 0 Å². The number of aliphatic hydroxyl groups excluding tert-OH is 1. The van der Waals surface area contributed by atoms with Crippen LogP contribution in [0.4, 0.5) is 0 Å². The summed E-state index contributed by atoms with van der Waals surface area (Å²) in [4.78, 5) is 26.6. The topological polar surface area (TPSA) is 74.0 Å². The molecule has 0 atom stereocenters. The molecule has 18 heavy (non-hydrogen) atoms. The fraction of sp³-hybridized carbons (Fsp3) is 0.500. The van der Waals surface area contributed by atoms with Gasteiger partial charge in [0.05, 0.1) is 6.26 Å². The van der Waals surface area contributed by atoms with Gasteiger partial charge in [0.15, 0.2) is 5.76 Å². The first-order chi connectivity index (χ1) is 8.63. The molecule has 0 saturated carbocycles. The van der Waals surface area contributed by atoms with Gasteiger partial charge < -0.3 is 19.3 Å². The van der Waals surface area contributed by atoms with Crippen molar-refractivity contribution in [2.75, 3.05) is 32.8 Å². The minimum absolute atomic E-state index is 0.145. The number of nitrogens with zero attached hydrogens (tertiary/aromatic N) is 2. The van der Waals surface area contributed by atoms with E-state index in [-0.39, 0.29) is 11.8 Å². The van der Waals surface area contributed by atoms with Gasteiger partial charge in [-0.3, -0.25) is 9.59 Å². The maximum absolute atomic E-state index is 12.1. The maximum Gasteiger partial charge on any atom is 0.289 e. The van der Waals surface area contributed by atoms with Crippen molar-refractivity contribution < 1.29 is 19.1 Å². The van der Waals surface area contributed by atoms with Crippen molar-refractivity contribution in [2.24, 2.45) is 0 Å². The molecule has 98 valence electrons. The van der Waals surface area contributed by atoms with E-state index in [9.17, 15) is 9.59 Å². The van der Waals surface area contributed by atoms with E-state index < -0.39 is 6.61 Å². The first-order valence-electron chi connectivity index (χ1n) is 5.85. The molecule has 6 nitrogen and oxygen atoms in total. The number of amides is 2. The predicted octanol–water partition coefficient (Wildman–Crippen LogP) is -0.135. The van der Waals surface area contributed by atoms with Crippen molar-refractivity contribution in [3.63, 3.8) is 0 Å². The smallest absolute Gasteiger partial charge is 0.289 e. The second kappa shape index (κ2) is 5.22. The summed E-state index contributed by atoms with van der Waals surface area (Å²) in [6.07, 6.45) is 1.49. The number of piperazine rings is 1. The van der Waals surface area contributed by atoms with E-state index >= 15 is 0 Å². The zero-order chi connectivity index (χ0) is 13.1. The normalized spacial score (nSPS) is 15.9. The molecule has 1 N–H and O–H groups in total. The summed E-state index contributed by atoms with van der Waals surface area (Å²) in [6.45, 7) is 3.17. The number of furan rings is 1. The highest BCUT2D eigenvalue weighted by Crippen LogP contribution is 2.13. The molecule has 0 bridgehead atoms. The third-order valence-corrected chi connectivity index (χ3v) is 3.11. The Morgan fingerprint density at radius 2 is 1.89 bits per heavy atom. The number of hydrogen-bond donors (Lipinski definition) is 1. The van der Waals surface area contributed by atoms with Crippen molar-refractivity contribution in [1.29, 1.82) is 0 Å². The van der Waals surface area contributed by atoms with Crippen molar-refractivity contribution in [1.82, 2.24) is 9.80 Å². The van der Waals surface area contributed by atoms with Crippen LogP contribution >= 0.6 is 0 Å². The molecule has 0 unspecified atom stereocenters. The molecule has 1 aromatic rings. The molecule has 0 spiro atoms. The summed E-state index contributed by atoms with van der Waals surface area (Å²) in [5.41, 5.74) is 0.814. The summed E-state index contributed by atoms with van der Waals surface area (Å²) in [5.74, 6) is -0.0817. The molecular formula is C12H16N2O4. The first kappa shape index (κ1) is 12.6. The predicted molar refractivity (Wildman–Crippen MR) is 63.0 cm³/mol. The summed E-state index contributed by atoms with van der Waals surface area (Å²) in [5, 5.41) is 8.76. The van der Waals surface area contributed by atoms with E-state index in [4.69, 9.17) is 9.52 Å². The zero-order valence-electron chi connectivity index (χ0n) is 10.3. The number of carbonyl (C=O) groups is 2. The Hall–Kier alpha value is -1.82. The Morgan fingerprint density at radius 1 is 1.28 bits per heavy atom. The minimum Gasteiger partial charge on any atom is -0.459 e. The molecule has 1 fully saturated rings. The lowest BCUT2D eigenvalue weighted by Crippen LogP contribution is -2.51. The van der Waals surface area contributed by atoms with Gasteiger partial charge in [0.1, 0.15) is 6.61 Å². The highest BCUT2D eigenvalue weighted by molar-refractivity contribution is 5.93. The van der Waals surface area contributed by atoms with Crippen molar-refractivity contribution in [2.45, 2.75) is 6.92 Å². The van der Waals surface area contributed by atoms with E-state index in [1.54, 1.807) is 15.9 Å². The van der Waals surface area contributed by atoms with Crippen LogP contribution < -0.4 is 0 Å². The molecule has 1 aliphatic heterocycles. The van der Waals surface area contributed by atoms with E-state index in [1.165, 1.54) is 6.26 Å². The summed E-state index contributed by atoms with van der Waals surface area (Å²) < 4.78 is 5.16. The monoisotopic (exact) mass is 252 g/mol. The average molecular weight is 252 g/mol. The Morgan fingerprint density at radius 3 is 2.39 bits per heavy atom. The largest absolute Gasteiger partial charge is 0.459 e. The molecule has 2 amide bonds. The summed E-state index contributed by atoms with van der Waals surface area (Å²) in [6, 6.07) is 1.75. The Bertz CT molecular complexity index is 447. The van der Waals surface area contributed by atoms with Gasteiger partial charge in [0.25, 0.3) is 5.91 Å². The first-order valence-corrected chi connectivity index (χ1v) is 5.85. The average Bonchev–Trinajstić information content (AvgIpc) is 2.83. The Labute approximate surface area is 105 Å². The van der Waals surface area contributed by atoms with E-state index in [0.717, 1.165) is 5.56 Å². The van der Waals surface area contributed by atoms with Gasteiger partial charge in [-0.1, -0.05) is 0 Å². The molecule has 1 aliphatic rings. The molecule has 0 aromatic carbocycles. The highest BCUT2D eigenvalue weighted by atomic mass is 16.3. The van der Waals surface area contributed by atoms with E-state index in [0.29, 0.717) is 31.9 Å². The standard InChI is InChI=1S/C12H16N2O4/c1-9-2-7-18-11(9)12(17)14-5-3-13(4-6-14)10(16)8-15/h2,7,15H,3-6,8H2,1H3. The molecular weight excluding hydrogens is 236 g/mol. The van der Waals surface area contributed by atoms with Crippen molar-refractivity contribution in [3.8, 4) is 0 Å². The van der Waals surface area contributed by atoms with Gasteiger partial charge >= 0.3 is 0 Å². The maximum atomic E-state index is 12.1. The second-order valence-corrected chi connectivity index (χ2v) is 4.26. The molecule has 2 rings (SSSR count). The fourth-order valence-electron chi connectivity index (χ4n) is 1.99.